The molecule has 0 aromatic heterocycles. The SMILES string of the molecule is CC[C@@H]1CC(CO)=C[C@H](C)C1. The Morgan fingerprint density at radius 2 is 2.36 bits per heavy atom. The standard InChI is InChI=1S/C10H18O/c1-3-9-4-8(2)5-10(6-9)7-11/h5,8-9,11H,3-4,6-7H2,1-2H3/t8-,9+/m1/s1. The lowest BCUT2D eigenvalue weighted by Crippen LogP contribution is -2.13. The Labute approximate surface area is 69.1 Å². The maximum absolute atomic E-state index is 8.95. The zero-order valence-electron chi connectivity index (χ0n) is 7.51. The highest BCUT2D eigenvalue weighted by Crippen LogP contribution is 2.29. The summed E-state index contributed by atoms with van der Waals surface area (Å²) in [7, 11) is 0. The Morgan fingerprint density at radius 1 is 1.64 bits per heavy atom. The molecule has 0 radical (unpaired) electrons. The van der Waals surface area contributed by atoms with Crippen molar-refractivity contribution in [3.8, 4) is 0 Å². The van der Waals surface area contributed by atoms with Crippen LogP contribution in [0, 0.1) is 11.8 Å². The number of allylic oxidation sites excluding steroid dienone is 1. The number of aliphatic hydroxyl groups excluding tert-OH is 1. The van der Waals surface area contributed by atoms with Gasteiger partial charge in [-0.1, -0.05) is 26.3 Å². The van der Waals surface area contributed by atoms with Crippen LogP contribution in [0.3, 0.4) is 0 Å². The van der Waals surface area contributed by atoms with E-state index in [-0.39, 0.29) is 6.61 Å². The smallest absolute Gasteiger partial charge is 0.0641 e. The van der Waals surface area contributed by atoms with Crippen LogP contribution in [0.2, 0.25) is 0 Å². The highest BCUT2D eigenvalue weighted by atomic mass is 16.3. The second kappa shape index (κ2) is 3.91. The summed E-state index contributed by atoms with van der Waals surface area (Å²) >= 11 is 0. The minimum Gasteiger partial charge on any atom is -0.392 e. The minimum absolute atomic E-state index is 0.265. The summed E-state index contributed by atoms with van der Waals surface area (Å²) in [6.45, 7) is 4.73. The second-order valence-corrected chi connectivity index (χ2v) is 3.67. The van der Waals surface area contributed by atoms with Crippen molar-refractivity contribution in [2.45, 2.75) is 33.1 Å². The summed E-state index contributed by atoms with van der Waals surface area (Å²) < 4.78 is 0. The van der Waals surface area contributed by atoms with Gasteiger partial charge in [-0.15, -0.1) is 0 Å². The zero-order valence-corrected chi connectivity index (χ0v) is 7.51. The van der Waals surface area contributed by atoms with Gasteiger partial charge in [0.15, 0.2) is 0 Å². The van der Waals surface area contributed by atoms with Gasteiger partial charge < -0.3 is 5.11 Å². The summed E-state index contributed by atoms with van der Waals surface area (Å²) in [5.41, 5.74) is 1.25. The van der Waals surface area contributed by atoms with Crippen molar-refractivity contribution in [3.05, 3.63) is 11.6 Å². The van der Waals surface area contributed by atoms with Gasteiger partial charge in [-0.05, 0) is 30.3 Å². The van der Waals surface area contributed by atoms with Crippen LogP contribution in [0.15, 0.2) is 11.6 Å². The molecule has 0 heterocycles. The molecule has 64 valence electrons. The van der Waals surface area contributed by atoms with Crippen molar-refractivity contribution in [3.63, 3.8) is 0 Å². The monoisotopic (exact) mass is 154 g/mol. The quantitative estimate of drug-likeness (QED) is 0.605. The molecule has 0 aromatic rings. The molecule has 2 atom stereocenters. The fourth-order valence-electron chi connectivity index (χ4n) is 1.95. The largest absolute Gasteiger partial charge is 0.392 e. The Kier molecular flexibility index (Phi) is 3.13. The van der Waals surface area contributed by atoms with Gasteiger partial charge in [0.1, 0.15) is 0 Å². The topological polar surface area (TPSA) is 20.2 Å². The first-order valence-electron chi connectivity index (χ1n) is 4.56. The van der Waals surface area contributed by atoms with Crippen molar-refractivity contribution in [2.24, 2.45) is 11.8 Å². The predicted molar refractivity (Wildman–Crippen MR) is 47.3 cm³/mol. The van der Waals surface area contributed by atoms with Crippen LogP contribution in [-0.2, 0) is 0 Å². The molecule has 0 bridgehead atoms. The number of hydrogen-bond acceptors (Lipinski definition) is 1. The van der Waals surface area contributed by atoms with E-state index in [1.165, 1.54) is 18.4 Å². The first-order chi connectivity index (χ1) is 5.26. The van der Waals surface area contributed by atoms with Gasteiger partial charge in [0.2, 0.25) is 0 Å². The average molecular weight is 154 g/mol. The van der Waals surface area contributed by atoms with Crippen LogP contribution in [0.1, 0.15) is 33.1 Å². The van der Waals surface area contributed by atoms with Crippen LogP contribution in [0.4, 0.5) is 0 Å². The van der Waals surface area contributed by atoms with E-state index in [1.807, 2.05) is 0 Å². The van der Waals surface area contributed by atoms with E-state index in [0.717, 1.165) is 12.3 Å². The van der Waals surface area contributed by atoms with Crippen LogP contribution in [0.5, 0.6) is 0 Å². The van der Waals surface area contributed by atoms with Crippen molar-refractivity contribution >= 4 is 0 Å². The Balaban J connectivity index is 2.54. The third-order valence-corrected chi connectivity index (χ3v) is 2.56. The molecule has 1 nitrogen and oxygen atoms in total. The molecule has 0 saturated carbocycles. The van der Waals surface area contributed by atoms with Gasteiger partial charge >= 0.3 is 0 Å². The third kappa shape index (κ3) is 2.33. The van der Waals surface area contributed by atoms with E-state index < -0.39 is 0 Å². The van der Waals surface area contributed by atoms with Crippen LogP contribution < -0.4 is 0 Å². The van der Waals surface area contributed by atoms with Crippen molar-refractivity contribution in [1.29, 1.82) is 0 Å². The van der Waals surface area contributed by atoms with Crippen LogP contribution >= 0.6 is 0 Å². The molecule has 1 aliphatic rings. The summed E-state index contributed by atoms with van der Waals surface area (Å²) in [5.74, 6) is 1.49. The molecule has 0 saturated heterocycles. The average Bonchev–Trinajstić information content (AvgIpc) is 2.03. The zero-order chi connectivity index (χ0) is 8.27. The van der Waals surface area contributed by atoms with Crippen molar-refractivity contribution in [1.82, 2.24) is 0 Å². The number of aliphatic hydroxyl groups is 1. The summed E-state index contributed by atoms with van der Waals surface area (Å²) in [6.07, 6.45) is 5.91. The first kappa shape index (κ1) is 8.79. The van der Waals surface area contributed by atoms with Crippen molar-refractivity contribution < 1.29 is 5.11 Å². The molecule has 0 aromatic carbocycles. The van der Waals surface area contributed by atoms with Gasteiger partial charge in [-0.3, -0.25) is 0 Å². The molecule has 1 aliphatic carbocycles. The highest BCUT2D eigenvalue weighted by molar-refractivity contribution is 5.08. The van der Waals surface area contributed by atoms with Gasteiger partial charge in [-0.2, -0.15) is 0 Å². The Hall–Kier alpha value is -0.300. The molecule has 0 unspecified atom stereocenters. The lowest BCUT2D eigenvalue weighted by molar-refractivity contribution is 0.299. The van der Waals surface area contributed by atoms with Gasteiger partial charge in [-0.25, -0.2) is 0 Å². The Morgan fingerprint density at radius 3 is 2.91 bits per heavy atom. The highest BCUT2D eigenvalue weighted by Gasteiger charge is 2.17. The molecule has 1 heteroatoms. The molecule has 1 N–H and O–H groups in total. The Bertz CT molecular complexity index is 149. The van der Waals surface area contributed by atoms with Gasteiger partial charge in [0.25, 0.3) is 0 Å². The van der Waals surface area contributed by atoms with Crippen LogP contribution in [-0.4, -0.2) is 11.7 Å². The molecular weight excluding hydrogens is 136 g/mol. The molecule has 0 spiro atoms. The third-order valence-electron chi connectivity index (χ3n) is 2.56. The predicted octanol–water partition coefficient (Wildman–Crippen LogP) is 2.36. The van der Waals surface area contributed by atoms with E-state index in [1.54, 1.807) is 0 Å². The summed E-state index contributed by atoms with van der Waals surface area (Å²) in [5, 5.41) is 8.95. The minimum atomic E-state index is 0.265. The normalized spacial score (nSPS) is 31.7. The second-order valence-electron chi connectivity index (χ2n) is 3.67. The van der Waals surface area contributed by atoms with E-state index >= 15 is 0 Å². The molecule has 1 rings (SSSR count). The fraction of sp³-hybridized carbons (Fsp3) is 0.800. The van der Waals surface area contributed by atoms with Gasteiger partial charge in [0, 0.05) is 0 Å². The van der Waals surface area contributed by atoms with Gasteiger partial charge in [0.05, 0.1) is 6.61 Å². The van der Waals surface area contributed by atoms with E-state index in [0.29, 0.717) is 5.92 Å². The lowest BCUT2D eigenvalue weighted by Gasteiger charge is -2.24. The molecule has 0 fully saturated rings. The maximum Gasteiger partial charge on any atom is 0.0641 e. The van der Waals surface area contributed by atoms with Crippen LogP contribution in [0.25, 0.3) is 0 Å². The van der Waals surface area contributed by atoms with E-state index in [4.69, 9.17) is 5.11 Å². The number of hydrogen-bond donors (Lipinski definition) is 1. The summed E-state index contributed by atoms with van der Waals surface area (Å²) in [4.78, 5) is 0. The maximum atomic E-state index is 8.95. The number of rotatable bonds is 2. The lowest BCUT2D eigenvalue weighted by atomic mass is 9.82. The summed E-state index contributed by atoms with van der Waals surface area (Å²) in [6, 6.07) is 0. The first-order valence-corrected chi connectivity index (χ1v) is 4.56. The van der Waals surface area contributed by atoms with Crippen molar-refractivity contribution in [2.75, 3.05) is 6.61 Å². The molecule has 11 heavy (non-hydrogen) atoms. The van der Waals surface area contributed by atoms with E-state index in [9.17, 15) is 0 Å². The molecular formula is C10H18O. The fourth-order valence-corrected chi connectivity index (χ4v) is 1.95. The molecule has 0 aliphatic heterocycles. The molecule has 0 amide bonds. The van der Waals surface area contributed by atoms with E-state index in [2.05, 4.69) is 19.9 Å².